The Morgan fingerprint density at radius 2 is 1.97 bits per heavy atom. The molecule has 1 heterocycles. The Bertz CT molecular complexity index is 620. The van der Waals surface area contributed by atoms with E-state index in [-0.39, 0.29) is 5.84 Å². The van der Waals surface area contributed by atoms with Crippen LogP contribution in [0.15, 0.2) is 17.4 Å². The predicted molar refractivity (Wildman–Crippen MR) is 94.7 cm³/mol. The van der Waals surface area contributed by atoms with Crippen molar-refractivity contribution in [3.8, 4) is 0 Å². The van der Waals surface area contributed by atoms with E-state index in [1.165, 1.54) is 12.3 Å². The summed E-state index contributed by atoms with van der Waals surface area (Å²) >= 11 is 0. The Morgan fingerprint density at radius 3 is 2.45 bits per heavy atom. The molecular formula is C14H21B2N3O10. The van der Waals surface area contributed by atoms with Crippen LogP contribution in [0.4, 0.5) is 0 Å². The zero-order chi connectivity index (χ0) is 22.4. The predicted octanol–water partition coefficient (Wildman–Crippen LogP) is -4.44. The third-order valence-electron chi connectivity index (χ3n) is 3.93. The van der Waals surface area contributed by atoms with Crippen molar-refractivity contribution in [3.05, 3.63) is 12.3 Å². The number of nitrogens with one attached hydrogen (secondary N) is 1. The number of amides is 1. The fourth-order valence-corrected chi connectivity index (χ4v) is 2.54. The van der Waals surface area contributed by atoms with E-state index in [1.54, 1.807) is 11.9 Å². The van der Waals surface area contributed by atoms with Gasteiger partial charge in [0, 0.05) is 19.3 Å². The quantitative estimate of drug-likeness (QED) is 0.0281. The number of amidine groups is 1. The molecular weight excluding hydrogens is 392 g/mol. The van der Waals surface area contributed by atoms with Crippen LogP contribution in [0.1, 0.15) is 12.8 Å². The molecule has 0 bridgehead atoms. The Kier molecular flexibility index (Phi) is 8.62. The highest BCUT2D eigenvalue weighted by atomic mass is 16.7. The monoisotopic (exact) mass is 413 g/mol. The van der Waals surface area contributed by atoms with Crippen LogP contribution >= 0.6 is 0 Å². The Morgan fingerprint density at radius 1 is 1.34 bits per heavy atom. The lowest BCUT2D eigenvalue weighted by atomic mass is 9.80. The summed E-state index contributed by atoms with van der Waals surface area (Å²) in [6.45, 7) is 0. The molecule has 29 heavy (non-hydrogen) atoms. The number of hydrogen-bond acceptors (Lipinski definition) is 12. The third kappa shape index (κ3) is 7.30. The first-order chi connectivity index (χ1) is 13.3. The van der Waals surface area contributed by atoms with Crippen molar-refractivity contribution < 1.29 is 49.8 Å². The molecule has 0 aliphatic carbocycles. The maximum Gasteiger partial charge on any atom is 0.321 e. The van der Waals surface area contributed by atoms with Crippen molar-refractivity contribution in [2.45, 2.75) is 42.8 Å². The van der Waals surface area contributed by atoms with E-state index in [0.717, 1.165) is 0 Å². The molecule has 1 amide bonds. The number of rotatable bonds is 9. The number of aliphatic hydroxyl groups is 5. The third-order valence-corrected chi connectivity index (χ3v) is 3.93. The number of esters is 1. The fourth-order valence-electron chi connectivity index (χ4n) is 2.54. The van der Waals surface area contributed by atoms with Gasteiger partial charge in [-0.25, -0.2) is 0 Å². The van der Waals surface area contributed by atoms with E-state index < -0.39 is 41.9 Å². The summed E-state index contributed by atoms with van der Waals surface area (Å²) in [4.78, 5) is 23.8. The molecule has 0 aromatic carbocycles. The summed E-state index contributed by atoms with van der Waals surface area (Å²) in [6, 6.07) is -1.47. The molecule has 158 valence electrons. The summed E-state index contributed by atoms with van der Waals surface area (Å²) in [5.41, 5.74) is -3.51. The van der Waals surface area contributed by atoms with Crippen molar-refractivity contribution >= 4 is 33.9 Å². The Hall–Kier alpha value is -2.16. The summed E-state index contributed by atoms with van der Waals surface area (Å²) in [5.74, 6) is -8.47. The molecule has 7 N–H and O–H groups in total. The van der Waals surface area contributed by atoms with Crippen LogP contribution in [0, 0.1) is 5.92 Å². The van der Waals surface area contributed by atoms with Gasteiger partial charge in [-0.1, -0.05) is 5.16 Å². The van der Waals surface area contributed by atoms with Gasteiger partial charge in [-0.15, -0.1) is 0 Å². The SMILES string of the molecule is [B]C(OC(=O)C(C([B])(O)O)C(O)(O)O)C1CCC(N(C)/C=C\C(=NO)NC=O)O1. The number of carbonyl (C=O) groups excluding carboxylic acids is 2. The van der Waals surface area contributed by atoms with Gasteiger partial charge < -0.3 is 50.4 Å². The number of hydrogen-bond donors (Lipinski definition) is 7. The first kappa shape index (κ1) is 24.9. The lowest BCUT2D eigenvalue weighted by Gasteiger charge is -2.34. The smallest absolute Gasteiger partial charge is 0.321 e. The topological polar surface area (TPSA) is 202 Å². The lowest BCUT2D eigenvalue weighted by Crippen LogP contribution is -2.57. The average Bonchev–Trinajstić information content (AvgIpc) is 3.05. The first-order valence-electron chi connectivity index (χ1n) is 8.15. The van der Waals surface area contributed by atoms with E-state index in [1.807, 2.05) is 0 Å². The second-order valence-electron chi connectivity index (χ2n) is 6.24. The van der Waals surface area contributed by atoms with Crippen LogP contribution in [0.3, 0.4) is 0 Å². The minimum absolute atomic E-state index is 0.128. The second kappa shape index (κ2) is 10.0. The molecule has 0 spiro atoms. The highest BCUT2D eigenvalue weighted by molar-refractivity contribution is 6.15. The molecule has 0 saturated carbocycles. The average molecular weight is 413 g/mol. The number of ether oxygens (including phenoxy) is 2. The van der Waals surface area contributed by atoms with Gasteiger partial charge in [0.15, 0.2) is 19.6 Å². The second-order valence-corrected chi connectivity index (χ2v) is 6.24. The molecule has 1 aliphatic rings. The van der Waals surface area contributed by atoms with Crippen molar-refractivity contribution in [2.24, 2.45) is 11.1 Å². The summed E-state index contributed by atoms with van der Waals surface area (Å²) in [6.07, 6.45) is 2.32. The van der Waals surface area contributed by atoms with Crippen LogP contribution in [0.25, 0.3) is 0 Å². The van der Waals surface area contributed by atoms with E-state index in [0.29, 0.717) is 19.3 Å². The van der Waals surface area contributed by atoms with Crippen LogP contribution in [-0.4, -0.2) is 107 Å². The van der Waals surface area contributed by atoms with Crippen LogP contribution in [0.2, 0.25) is 0 Å². The van der Waals surface area contributed by atoms with E-state index in [2.05, 4.69) is 10.5 Å². The Balaban J connectivity index is 2.70. The fraction of sp³-hybridized carbons (Fsp3) is 0.643. The summed E-state index contributed by atoms with van der Waals surface area (Å²) in [5, 5.41) is 59.5. The van der Waals surface area contributed by atoms with Crippen molar-refractivity contribution in [2.75, 3.05) is 7.05 Å². The van der Waals surface area contributed by atoms with E-state index in [4.69, 9.17) is 45.7 Å². The molecule has 13 nitrogen and oxygen atoms in total. The minimum Gasteiger partial charge on any atom is -0.470 e. The highest BCUT2D eigenvalue weighted by Crippen LogP contribution is 2.27. The highest BCUT2D eigenvalue weighted by Gasteiger charge is 2.51. The number of carbonyl (C=O) groups is 2. The molecule has 1 rings (SSSR count). The van der Waals surface area contributed by atoms with Crippen LogP contribution in [-0.2, 0) is 19.1 Å². The van der Waals surface area contributed by atoms with E-state index >= 15 is 0 Å². The Labute approximate surface area is 168 Å². The van der Waals surface area contributed by atoms with Gasteiger partial charge in [0.1, 0.15) is 19.8 Å². The van der Waals surface area contributed by atoms with Crippen molar-refractivity contribution in [1.29, 1.82) is 0 Å². The molecule has 0 aromatic heterocycles. The molecule has 1 saturated heterocycles. The van der Waals surface area contributed by atoms with E-state index in [9.17, 15) is 19.8 Å². The van der Waals surface area contributed by atoms with Gasteiger partial charge in [-0.3, -0.25) is 9.59 Å². The van der Waals surface area contributed by atoms with Gasteiger partial charge in [0.05, 0.1) is 12.1 Å². The van der Waals surface area contributed by atoms with Gasteiger partial charge in [-0.05, 0) is 12.8 Å². The molecule has 0 aromatic rings. The zero-order valence-electron chi connectivity index (χ0n) is 15.3. The largest absolute Gasteiger partial charge is 0.470 e. The van der Waals surface area contributed by atoms with Gasteiger partial charge in [0.2, 0.25) is 6.41 Å². The standard InChI is InChI=1S/C14H21B2N3O10/c1-19(5-4-8(18-27)17-6-20)9-3-2-7(28-9)11(15)29-12(21)10(13(16,22)23)14(24,25)26/h4-7,9-11,22-27H,2-3H2,1H3,(H,17,18,20)/b5-4-. The maximum atomic E-state index is 12.0. The molecule has 15 heteroatoms. The summed E-state index contributed by atoms with van der Waals surface area (Å²) < 4.78 is 10.3. The van der Waals surface area contributed by atoms with Gasteiger partial charge in [-0.2, -0.15) is 0 Å². The maximum absolute atomic E-state index is 12.0. The van der Waals surface area contributed by atoms with Gasteiger partial charge in [0.25, 0.3) is 5.97 Å². The van der Waals surface area contributed by atoms with Crippen molar-refractivity contribution in [3.63, 3.8) is 0 Å². The van der Waals surface area contributed by atoms with Crippen LogP contribution < -0.4 is 5.32 Å². The number of nitrogens with zero attached hydrogens (tertiary/aromatic N) is 2. The van der Waals surface area contributed by atoms with Gasteiger partial charge >= 0.3 is 5.97 Å². The molecule has 4 atom stereocenters. The lowest BCUT2D eigenvalue weighted by molar-refractivity contribution is -0.369. The number of oxime groups is 1. The minimum atomic E-state index is -3.89. The van der Waals surface area contributed by atoms with Crippen molar-refractivity contribution in [1.82, 2.24) is 10.2 Å². The molecule has 4 radical (unpaired) electrons. The first-order valence-corrected chi connectivity index (χ1v) is 8.15. The molecule has 1 aliphatic heterocycles. The molecule has 4 unspecified atom stereocenters. The normalized spacial score (nSPS) is 22.9. The zero-order valence-corrected chi connectivity index (χ0v) is 15.3. The summed E-state index contributed by atoms with van der Waals surface area (Å²) in [7, 11) is 12.1. The van der Waals surface area contributed by atoms with Crippen LogP contribution in [0.5, 0.6) is 0 Å². The molecule has 1 fully saturated rings.